The summed E-state index contributed by atoms with van der Waals surface area (Å²) in [6.45, 7) is 9.35. The maximum Gasteiger partial charge on any atom is 0.408 e. The van der Waals surface area contributed by atoms with E-state index in [9.17, 15) is 14.4 Å². The quantitative estimate of drug-likeness (QED) is 0.254. The number of carbonyl (C=O) groups is 3. The Hall–Kier alpha value is -4.83. The Balaban J connectivity index is 2.03. The molecule has 0 spiro atoms. The lowest BCUT2D eigenvalue weighted by Crippen LogP contribution is -2.54. The van der Waals surface area contributed by atoms with Crippen LogP contribution >= 0.6 is 0 Å². The minimum absolute atomic E-state index is 0.0302. The Morgan fingerprint density at radius 1 is 0.951 bits per heavy atom. The minimum Gasteiger partial charge on any atom is -0.444 e. The molecule has 0 aromatic heterocycles. The molecule has 212 valence electrons. The van der Waals surface area contributed by atoms with Crippen molar-refractivity contribution in [2.45, 2.75) is 51.4 Å². The SMILES string of the molecule is C#Cc1ccccc1C(C(=O)NCc1ccccc1)N(CC=C)C(=O)C(Cc1ccccc1)NC(=O)OC(C)(C)C. The smallest absolute Gasteiger partial charge is 0.408 e. The molecule has 3 rings (SSSR count). The average Bonchev–Trinajstić information content (AvgIpc) is 2.95. The zero-order valence-electron chi connectivity index (χ0n) is 23.8. The van der Waals surface area contributed by atoms with Gasteiger partial charge in [-0.2, -0.15) is 0 Å². The summed E-state index contributed by atoms with van der Waals surface area (Å²) in [5.41, 5.74) is 1.94. The fourth-order valence-corrected chi connectivity index (χ4v) is 4.36. The van der Waals surface area contributed by atoms with Crippen LogP contribution in [-0.2, 0) is 27.3 Å². The molecule has 0 heterocycles. The molecule has 0 saturated carbocycles. The van der Waals surface area contributed by atoms with Gasteiger partial charge >= 0.3 is 6.09 Å². The van der Waals surface area contributed by atoms with Gasteiger partial charge in [0.25, 0.3) is 0 Å². The molecule has 0 radical (unpaired) electrons. The van der Waals surface area contributed by atoms with E-state index in [0.29, 0.717) is 11.1 Å². The van der Waals surface area contributed by atoms with Crippen LogP contribution in [0.4, 0.5) is 4.79 Å². The lowest BCUT2D eigenvalue weighted by Gasteiger charge is -2.34. The van der Waals surface area contributed by atoms with Crippen LogP contribution in [0.5, 0.6) is 0 Å². The van der Waals surface area contributed by atoms with Crippen LogP contribution in [-0.4, -0.2) is 41.0 Å². The van der Waals surface area contributed by atoms with Crippen molar-refractivity contribution in [1.29, 1.82) is 0 Å². The van der Waals surface area contributed by atoms with Gasteiger partial charge in [0.1, 0.15) is 17.7 Å². The van der Waals surface area contributed by atoms with Crippen LogP contribution in [0.3, 0.4) is 0 Å². The number of carbonyl (C=O) groups excluding carboxylic acids is 3. The van der Waals surface area contributed by atoms with Crippen LogP contribution in [0.1, 0.15) is 49.1 Å². The van der Waals surface area contributed by atoms with Gasteiger partial charge < -0.3 is 20.3 Å². The highest BCUT2D eigenvalue weighted by Gasteiger charge is 2.36. The molecule has 0 aliphatic rings. The molecule has 0 aliphatic carbocycles. The van der Waals surface area contributed by atoms with Crippen molar-refractivity contribution >= 4 is 17.9 Å². The summed E-state index contributed by atoms with van der Waals surface area (Å²) in [7, 11) is 0. The van der Waals surface area contributed by atoms with E-state index in [1.54, 1.807) is 51.1 Å². The van der Waals surface area contributed by atoms with Crippen molar-refractivity contribution in [1.82, 2.24) is 15.5 Å². The van der Waals surface area contributed by atoms with E-state index in [0.717, 1.165) is 11.1 Å². The highest BCUT2D eigenvalue weighted by atomic mass is 16.6. The summed E-state index contributed by atoms with van der Waals surface area (Å²) in [6.07, 6.45) is 6.80. The summed E-state index contributed by atoms with van der Waals surface area (Å²) >= 11 is 0. The van der Waals surface area contributed by atoms with Crippen molar-refractivity contribution in [3.8, 4) is 12.3 Å². The third-order valence-electron chi connectivity index (χ3n) is 6.16. The maximum atomic E-state index is 14.3. The maximum absolute atomic E-state index is 14.3. The number of ether oxygens (including phenoxy) is 1. The van der Waals surface area contributed by atoms with E-state index in [4.69, 9.17) is 11.2 Å². The molecule has 2 unspecified atom stereocenters. The number of nitrogens with one attached hydrogen (secondary N) is 2. The number of terminal acetylenes is 1. The molecule has 2 atom stereocenters. The van der Waals surface area contributed by atoms with Crippen molar-refractivity contribution in [2.24, 2.45) is 0 Å². The Kier molecular flexibility index (Phi) is 10.9. The van der Waals surface area contributed by atoms with Gasteiger partial charge in [0.15, 0.2) is 0 Å². The van der Waals surface area contributed by atoms with Gasteiger partial charge in [0.2, 0.25) is 11.8 Å². The Labute approximate surface area is 242 Å². The lowest BCUT2D eigenvalue weighted by atomic mass is 9.96. The highest BCUT2D eigenvalue weighted by Crippen LogP contribution is 2.26. The van der Waals surface area contributed by atoms with E-state index in [1.807, 2.05) is 60.7 Å². The molecule has 7 nitrogen and oxygen atoms in total. The van der Waals surface area contributed by atoms with E-state index in [1.165, 1.54) is 4.90 Å². The van der Waals surface area contributed by atoms with E-state index >= 15 is 0 Å². The normalized spacial score (nSPS) is 12.2. The van der Waals surface area contributed by atoms with E-state index < -0.39 is 35.6 Å². The summed E-state index contributed by atoms with van der Waals surface area (Å²) in [6, 6.07) is 23.7. The fourth-order valence-electron chi connectivity index (χ4n) is 4.36. The fraction of sp³-hybridized carbons (Fsp3) is 0.265. The first kappa shape index (κ1) is 30.7. The van der Waals surface area contributed by atoms with Gasteiger partial charge in [-0.05, 0) is 43.5 Å². The number of hydrogen-bond acceptors (Lipinski definition) is 4. The number of amides is 3. The number of hydrogen-bond donors (Lipinski definition) is 2. The predicted molar refractivity (Wildman–Crippen MR) is 161 cm³/mol. The van der Waals surface area contributed by atoms with Crippen LogP contribution in [0.2, 0.25) is 0 Å². The molecule has 0 fully saturated rings. The van der Waals surface area contributed by atoms with Gasteiger partial charge in [-0.25, -0.2) is 4.79 Å². The molecule has 7 heteroatoms. The van der Waals surface area contributed by atoms with Crippen molar-refractivity contribution in [2.75, 3.05) is 6.54 Å². The van der Waals surface area contributed by atoms with Crippen LogP contribution in [0, 0.1) is 12.3 Å². The van der Waals surface area contributed by atoms with Gasteiger partial charge in [0.05, 0.1) is 0 Å². The topological polar surface area (TPSA) is 87.7 Å². The molecule has 3 aromatic carbocycles. The summed E-state index contributed by atoms with van der Waals surface area (Å²) in [5, 5.41) is 5.69. The van der Waals surface area contributed by atoms with E-state index in [-0.39, 0.29) is 19.5 Å². The summed E-state index contributed by atoms with van der Waals surface area (Å²) < 4.78 is 5.47. The molecule has 0 bridgehead atoms. The van der Waals surface area contributed by atoms with Crippen molar-refractivity contribution in [3.05, 3.63) is 120 Å². The number of nitrogens with zero attached hydrogens (tertiary/aromatic N) is 1. The van der Waals surface area contributed by atoms with Gasteiger partial charge in [-0.15, -0.1) is 13.0 Å². The second-order valence-electron chi connectivity index (χ2n) is 10.5. The Morgan fingerprint density at radius 2 is 1.54 bits per heavy atom. The first-order chi connectivity index (χ1) is 19.6. The van der Waals surface area contributed by atoms with Gasteiger partial charge in [0, 0.05) is 25.1 Å². The standard InChI is InChI=1S/C34H37N3O4/c1-6-22-37(32(39)29(23-25-16-10-8-11-17-25)36-33(40)41-34(3,4)5)30(28-21-15-14-20-27(28)7-2)31(38)35-24-26-18-12-9-13-19-26/h2,6,8-21,29-30H,1,22-24H2,3-5H3,(H,35,38)(H,36,40). The second-order valence-corrected chi connectivity index (χ2v) is 10.5. The largest absolute Gasteiger partial charge is 0.444 e. The highest BCUT2D eigenvalue weighted by molar-refractivity contribution is 5.92. The molecular formula is C34H37N3O4. The molecular weight excluding hydrogens is 514 g/mol. The molecule has 41 heavy (non-hydrogen) atoms. The zero-order chi connectivity index (χ0) is 29.8. The van der Waals surface area contributed by atoms with Crippen LogP contribution < -0.4 is 10.6 Å². The van der Waals surface area contributed by atoms with Crippen LogP contribution in [0.25, 0.3) is 0 Å². The van der Waals surface area contributed by atoms with Gasteiger partial charge in [-0.3, -0.25) is 9.59 Å². The number of alkyl carbamates (subject to hydrolysis) is 1. The zero-order valence-corrected chi connectivity index (χ0v) is 23.8. The van der Waals surface area contributed by atoms with Crippen LogP contribution in [0.15, 0.2) is 97.6 Å². The molecule has 2 N–H and O–H groups in total. The average molecular weight is 552 g/mol. The summed E-state index contributed by atoms with van der Waals surface area (Å²) in [4.78, 5) is 42.4. The first-order valence-corrected chi connectivity index (χ1v) is 13.4. The predicted octanol–water partition coefficient (Wildman–Crippen LogP) is 5.18. The first-order valence-electron chi connectivity index (χ1n) is 13.4. The molecule has 3 amide bonds. The van der Waals surface area contributed by atoms with Crippen molar-refractivity contribution in [3.63, 3.8) is 0 Å². The third kappa shape index (κ3) is 9.11. The number of rotatable bonds is 11. The molecule has 0 saturated heterocycles. The van der Waals surface area contributed by atoms with Crippen molar-refractivity contribution < 1.29 is 19.1 Å². The third-order valence-corrected chi connectivity index (χ3v) is 6.16. The Bertz CT molecular complexity index is 1370. The molecule has 3 aromatic rings. The summed E-state index contributed by atoms with van der Waals surface area (Å²) in [5.74, 6) is 1.74. The number of benzene rings is 3. The monoisotopic (exact) mass is 551 g/mol. The minimum atomic E-state index is -1.09. The lowest BCUT2D eigenvalue weighted by molar-refractivity contribution is -0.141. The van der Waals surface area contributed by atoms with Gasteiger partial charge in [-0.1, -0.05) is 90.9 Å². The second kappa shape index (κ2) is 14.5. The van der Waals surface area contributed by atoms with E-state index in [2.05, 4.69) is 23.1 Å². The Morgan fingerprint density at radius 3 is 2.12 bits per heavy atom. The molecule has 0 aliphatic heterocycles.